The number of carbonyl (C=O) groups excluding carboxylic acids is 1. The molecule has 1 aliphatic rings. The fraction of sp³-hybridized carbons (Fsp3) is 0.267. The van der Waals surface area contributed by atoms with E-state index in [0.717, 1.165) is 34.8 Å². The minimum atomic E-state index is 0.0746. The zero-order valence-electron chi connectivity index (χ0n) is 10.9. The Labute approximate surface area is 116 Å². The molecule has 2 N–H and O–H groups in total. The van der Waals surface area contributed by atoms with Gasteiger partial charge in [-0.15, -0.1) is 0 Å². The van der Waals surface area contributed by atoms with Crippen LogP contribution in [-0.4, -0.2) is 15.9 Å². The maximum absolute atomic E-state index is 11.3. The van der Waals surface area contributed by atoms with Crippen LogP contribution < -0.4 is 5.32 Å². The molecule has 0 spiro atoms. The Morgan fingerprint density at radius 2 is 2.25 bits per heavy atom. The molecule has 2 aromatic rings. The van der Waals surface area contributed by atoms with Crippen molar-refractivity contribution in [3.05, 3.63) is 35.8 Å². The number of nitrogens with zero attached hydrogens (tertiary/aromatic N) is 2. The molecule has 1 aromatic heterocycles. The molecule has 3 rings (SSSR count). The summed E-state index contributed by atoms with van der Waals surface area (Å²) in [5.74, 6) is 0.901. The molecule has 0 atom stereocenters. The van der Waals surface area contributed by atoms with E-state index < -0.39 is 0 Å². The van der Waals surface area contributed by atoms with Crippen LogP contribution in [0.2, 0.25) is 0 Å². The number of anilines is 1. The summed E-state index contributed by atoms with van der Waals surface area (Å²) in [6.07, 6.45) is 4.19. The second kappa shape index (κ2) is 5.17. The quantitative estimate of drug-likeness (QED) is 0.895. The highest BCUT2D eigenvalue weighted by Gasteiger charge is 2.15. The van der Waals surface area contributed by atoms with Crippen LogP contribution in [0.1, 0.15) is 24.2 Å². The first-order valence-corrected chi connectivity index (χ1v) is 6.60. The summed E-state index contributed by atoms with van der Waals surface area (Å²) in [6, 6.07) is 8.08. The number of amides is 1. The lowest BCUT2D eigenvalue weighted by molar-refractivity contribution is -0.116. The molecule has 0 saturated heterocycles. The molecule has 5 nitrogen and oxygen atoms in total. The standard InChI is InChI=1S/C15H14N4O/c16-7-1-2-14-17-9-13(18-14)11-3-5-12-10(8-11)4-6-15(20)19-12/h3,5,8-9H,1-2,4,6H2,(H,17,18)(H,19,20). The van der Waals surface area contributed by atoms with Crippen molar-refractivity contribution in [3.63, 3.8) is 0 Å². The Kier molecular flexibility index (Phi) is 3.21. The average molecular weight is 266 g/mol. The van der Waals surface area contributed by atoms with E-state index in [4.69, 9.17) is 5.26 Å². The van der Waals surface area contributed by atoms with Crippen molar-refractivity contribution in [1.29, 1.82) is 5.26 Å². The van der Waals surface area contributed by atoms with E-state index in [1.54, 1.807) is 6.20 Å². The highest BCUT2D eigenvalue weighted by Crippen LogP contribution is 2.27. The lowest BCUT2D eigenvalue weighted by Crippen LogP contribution is -2.18. The second-order valence-electron chi connectivity index (χ2n) is 4.82. The van der Waals surface area contributed by atoms with Crippen molar-refractivity contribution in [2.24, 2.45) is 0 Å². The van der Waals surface area contributed by atoms with Gasteiger partial charge in [-0.3, -0.25) is 4.79 Å². The van der Waals surface area contributed by atoms with Gasteiger partial charge in [-0.05, 0) is 29.7 Å². The number of rotatable bonds is 3. The first-order valence-electron chi connectivity index (χ1n) is 6.60. The first kappa shape index (κ1) is 12.4. The van der Waals surface area contributed by atoms with Crippen LogP contribution in [-0.2, 0) is 17.6 Å². The number of fused-ring (bicyclic) bond motifs is 1. The third kappa shape index (κ3) is 2.41. The number of imidazole rings is 1. The van der Waals surface area contributed by atoms with Crippen molar-refractivity contribution < 1.29 is 4.79 Å². The van der Waals surface area contributed by atoms with E-state index >= 15 is 0 Å². The predicted octanol–water partition coefficient (Wildman–Crippen LogP) is 2.42. The van der Waals surface area contributed by atoms with E-state index in [1.807, 2.05) is 12.1 Å². The summed E-state index contributed by atoms with van der Waals surface area (Å²) in [6.45, 7) is 0. The average Bonchev–Trinajstić information content (AvgIpc) is 2.93. The van der Waals surface area contributed by atoms with Gasteiger partial charge in [0, 0.05) is 24.9 Å². The molecule has 0 aliphatic carbocycles. The number of aromatic amines is 1. The van der Waals surface area contributed by atoms with Crippen molar-refractivity contribution >= 4 is 11.6 Å². The number of H-pyrrole nitrogens is 1. The summed E-state index contributed by atoms with van der Waals surface area (Å²) in [7, 11) is 0. The van der Waals surface area contributed by atoms with Crippen LogP contribution in [0.4, 0.5) is 5.69 Å². The summed E-state index contributed by atoms with van der Waals surface area (Å²) >= 11 is 0. The molecule has 1 aromatic carbocycles. The zero-order chi connectivity index (χ0) is 13.9. The van der Waals surface area contributed by atoms with Gasteiger partial charge in [0.05, 0.1) is 18.0 Å². The van der Waals surface area contributed by atoms with Crippen molar-refractivity contribution in [3.8, 4) is 17.3 Å². The van der Waals surface area contributed by atoms with Crippen LogP contribution in [0, 0.1) is 11.3 Å². The minimum Gasteiger partial charge on any atom is -0.342 e. The van der Waals surface area contributed by atoms with Crippen LogP contribution in [0.15, 0.2) is 24.4 Å². The number of benzene rings is 1. The van der Waals surface area contributed by atoms with Gasteiger partial charge in [0.2, 0.25) is 5.91 Å². The van der Waals surface area contributed by atoms with Crippen LogP contribution in [0.3, 0.4) is 0 Å². The van der Waals surface area contributed by atoms with Gasteiger partial charge in [0.25, 0.3) is 0 Å². The molecule has 20 heavy (non-hydrogen) atoms. The molecule has 0 radical (unpaired) electrons. The number of nitriles is 1. The Balaban J connectivity index is 1.86. The van der Waals surface area contributed by atoms with Gasteiger partial charge in [-0.2, -0.15) is 5.26 Å². The topological polar surface area (TPSA) is 81.6 Å². The fourth-order valence-electron chi connectivity index (χ4n) is 2.36. The summed E-state index contributed by atoms with van der Waals surface area (Å²) < 4.78 is 0. The fourth-order valence-corrected chi connectivity index (χ4v) is 2.36. The van der Waals surface area contributed by atoms with Crippen LogP contribution >= 0.6 is 0 Å². The lowest BCUT2D eigenvalue weighted by atomic mass is 9.99. The third-order valence-corrected chi connectivity index (χ3v) is 3.41. The largest absolute Gasteiger partial charge is 0.342 e. The molecule has 0 bridgehead atoms. The summed E-state index contributed by atoms with van der Waals surface area (Å²) in [5.41, 5.74) is 4.04. The van der Waals surface area contributed by atoms with Gasteiger partial charge in [-0.1, -0.05) is 6.07 Å². The predicted molar refractivity (Wildman–Crippen MR) is 74.9 cm³/mol. The molecule has 0 fully saturated rings. The molecule has 0 saturated carbocycles. The van der Waals surface area contributed by atoms with E-state index in [0.29, 0.717) is 19.3 Å². The minimum absolute atomic E-state index is 0.0746. The smallest absolute Gasteiger partial charge is 0.224 e. The van der Waals surface area contributed by atoms with Crippen molar-refractivity contribution in [2.75, 3.05) is 5.32 Å². The number of aromatic nitrogens is 2. The van der Waals surface area contributed by atoms with E-state index in [-0.39, 0.29) is 5.91 Å². The molecule has 1 aliphatic heterocycles. The van der Waals surface area contributed by atoms with Gasteiger partial charge < -0.3 is 10.3 Å². The van der Waals surface area contributed by atoms with Crippen molar-refractivity contribution in [2.45, 2.75) is 25.7 Å². The SMILES string of the molecule is N#CCCc1ncc(-c2ccc3c(c2)CCC(=O)N3)[nH]1. The molecular weight excluding hydrogens is 252 g/mol. The van der Waals surface area contributed by atoms with Gasteiger partial charge in [-0.25, -0.2) is 4.98 Å². The number of hydrogen-bond acceptors (Lipinski definition) is 3. The molecule has 2 heterocycles. The van der Waals surface area contributed by atoms with E-state index in [1.165, 1.54) is 0 Å². The lowest BCUT2D eigenvalue weighted by Gasteiger charge is -2.17. The van der Waals surface area contributed by atoms with Crippen molar-refractivity contribution in [1.82, 2.24) is 9.97 Å². The number of nitrogens with one attached hydrogen (secondary N) is 2. The molecule has 0 unspecified atom stereocenters. The highest BCUT2D eigenvalue weighted by atomic mass is 16.1. The van der Waals surface area contributed by atoms with Crippen LogP contribution in [0.5, 0.6) is 0 Å². The first-order chi connectivity index (χ1) is 9.76. The molecule has 1 amide bonds. The van der Waals surface area contributed by atoms with Gasteiger partial charge >= 0.3 is 0 Å². The number of carbonyl (C=O) groups is 1. The normalized spacial score (nSPS) is 13.4. The Morgan fingerprint density at radius 3 is 3.10 bits per heavy atom. The van der Waals surface area contributed by atoms with E-state index in [2.05, 4.69) is 27.4 Å². The Morgan fingerprint density at radius 1 is 1.35 bits per heavy atom. The maximum atomic E-state index is 11.3. The van der Waals surface area contributed by atoms with Gasteiger partial charge in [0.1, 0.15) is 5.82 Å². The Hall–Kier alpha value is -2.61. The van der Waals surface area contributed by atoms with E-state index in [9.17, 15) is 4.79 Å². The summed E-state index contributed by atoms with van der Waals surface area (Å²) in [4.78, 5) is 18.8. The molecular formula is C15H14N4O. The van der Waals surface area contributed by atoms with Gasteiger partial charge in [0.15, 0.2) is 0 Å². The second-order valence-corrected chi connectivity index (χ2v) is 4.82. The summed E-state index contributed by atoms with van der Waals surface area (Å²) in [5, 5.41) is 11.4. The number of hydrogen-bond donors (Lipinski definition) is 2. The van der Waals surface area contributed by atoms with Crippen LogP contribution in [0.25, 0.3) is 11.3 Å². The molecule has 5 heteroatoms. The Bertz CT molecular complexity index is 696. The number of aryl methyl sites for hydroxylation is 2. The highest BCUT2D eigenvalue weighted by molar-refractivity contribution is 5.94. The maximum Gasteiger partial charge on any atom is 0.224 e. The molecule has 100 valence electrons. The zero-order valence-corrected chi connectivity index (χ0v) is 10.9. The monoisotopic (exact) mass is 266 g/mol. The third-order valence-electron chi connectivity index (χ3n) is 3.41.